The van der Waals surface area contributed by atoms with Crippen molar-refractivity contribution in [2.24, 2.45) is 0 Å². The highest BCUT2D eigenvalue weighted by molar-refractivity contribution is 7.20. The Bertz CT molecular complexity index is 1600. The SMILES string of the molecule is C=Cc1ccc([B-](c2c(F)c(F)c(F)c(F)c2F)(c2c(F)c(F)c(F)c(F)c2F)c2c(F)c(F)c(F)c(F)c2F)cc1.C[NH+](C)C. The van der Waals surface area contributed by atoms with Crippen LogP contribution in [0.4, 0.5) is 65.9 Å². The van der Waals surface area contributed by atoms with Crippen molar-refractivity contribution in [3.8, 4) is 0 Å². The molecule has 0 aromatic heterocycles. The summed E-state index contributed by atoms with van der Waals surface area (Å²) in [4.78, 5) is 1.42. The molecule has 0 spiro atoms. The molecule has 0 bridgehead atoms. The Hall–Kier alpha value is -4.41. The lowest BCUT2D eigenvalue weighted by Gasteiger charge is -2.44. The molecule has 0 fully saturated rings. The van der Waals surface area contributed by atoms with E-state index in [4.69, 9.17) is 0 Å². The number of hydrogen-bond donors (Lipinski definition) is 1. The van der Waals surface area contributed by atoms with Crippen molar-refractivity contribution in [3.05, 3.63) is 124 Å². The molecule has 0 atom stereocenters. The van der Waals surface area contributed by atoms with Crippen LogP contribution in [0.1, 0.15) is 5.56 Å². The molecular weight excluding hydrogens is 658 g/mol. The summed E-state index contributed by atoms with van der Waals surface area (Å²) in [6.45, 7) is 3.30. The molecule has 4 aromatic carbocycles. The zero-order chi connectivity index (χ0) is 35.2. The Morgan fingerprint density at radius 3 is 0.804 bits per heavy atom. The van der Waals surface area contributed by atoms with Gasteiger partial charge in [0, 0.05) is 0 Å². The molecule has 1 nitrogen and oxygen atoms in total. The van der Waals surface area contributed by atoms with Gasteiger partial charge in [0.05, 0.1) is 21.1 Å². The number of benzene rings is 4. The first kappa shape index (κ1) is 36.1. The Labute approximate surface area is 250 Å². The van der Waals surface area contributed by atoms with Crippen LogP contribution >= 0.6 is 0 Å². The van der Waals surface area contributed by atoms with Crippen LogP contribution in [0.2, 0.25) is 0 Å². The molecular formula is C29H17BF15N. The van der Waals surface area contributed by atoms with Crippen molar-refractivity contribution in [2.45, 2.75) is 0 Å². The first-order chi connectivity index (χ1) is 21.3. The predicted octanol–water partition coefficient (Wildman–Crippen LogP) is 4.55. The summed E-state index contributed by atoms with van der Waals surface area (Å²) in [7, 11) is 6.25. The van der Waals surface area contributed by atoms with Crippen LogP contribution in [-0.4, -0.2) is 27.3 Å². The highest BCUT2D eigenvalue weighted by atomic mass is 19.2. The lowest BCUT2D eigenvalue weighted by molar-refractivity contribution is -0.836. The first-order valence-corrected chi connectivity index (χ1v) is 12.5. The Morgan fingerprint density at radius 2 is 0.609 bits per heavy atom. The molecule has 0 unspecified atom stereocenters. The van der Waals surface area contributed by atoms with Crippen LogP contribution in [0.5, 0.6) is 0 Å². The summed E-state index contributed by atoms with van der Waals surface area (Å²) in [5.74, 6) is -45.7. The molecule has 0 saturated carbocycles. The van der Waals surface area contributed by atoms with Crippen molar-refractivity contribution in [1.29, 1.82) is 0 Å². The van der Waals surface area contributed by atoms with Crippen LogP contribution < -0.4 is 26.8 Å². The van der Waals surface area contributed by atoms with E-state index in [1.165, 1.54) is 4.90 Å². The van der Waals surface area contributed by atoms with Gasteiger partial charge in [0.1, 0.15) is 41.0 Å². The minimum Gasteiger partial charge on any atom is -0.342 e. The van der Waals surface area contributed by atoms with Gasteiger partial charge >= 0.3 is 0 Å². The zero-order valence-corrected chi connectivity index (χ0v) is 23.3. The maximum atomic E-state index is 15.5. The average Bonchev–Trinajstić information content (AvgIpc) is 3.02. The second-order valence-corrected chi connectivity index (χ2v) is 10.2. The minimum atomic E-state index is -5.77. The van der Waals surface area contributed by atoms with Crippen LogP contribution in [0.3, 0.4) is 0 Å². The third-order valence-corrected chi connectivity index (χ3v) is 6.70. The molecule has 4 rings (SSSR count). The van der Waals surface area contributed by atoms with Crippen molar-refractivity contribution in [3.63, 3.8) is 0 Å². The van der Waals surface area contributed by atoms with Crippen LogP contribution in [0.25, 0.3) is 6.08 Å². The van der Waals surface area contributed by atoms with Gasteiger partial charge in [0.2, 0.25) is 0 Å². The molecule has 1 N–H and O–H groups in total. The summed E-state index contributed by atoms with van der Waals surface area (Å²) in [5, 5.41) is 0. The second-order valence-electron chi connectivity index (χ2n) is 10.2. The normalized spacial score (nSPS) is 11.5. The molecule has 0 saturated heterocycles. The van der Waals surface area contributed by atoms with Gasteiger partial charge in [-0.2, -0.15) is 5.46 Å². The number of nitrogens with one attached hydrogen (secondary N) is 1. The van der Waals surface area contributed by atoms with Crippen molar-refractivity contribution < 1.29 is 70.8 Å². The summed E-state index contributed by atoms with van der Waals surface area (Å²) >= 11 is 0. The molecule has 0 aliphatic rings. The smallest absolute Gasteiger partial charge is 0.200 e. The maximum Gasteiger partial charge on any atom is 0.200 e. The van der Waals surface area contributed by atoms with Crippen LogP contribution in [0, 0.1) is 87.3 Å². The minimum absolute atomic E-state index is 0.0318. The van der Waals surface area contributed by atoms with Gasteiger partial charge in [-0.05, 0) is 5.56 Å². The Balaban J connectivity index is 0.00000136. The molecule has 17 heteroatoms. The van der Waals surface area contributed by atoms with Crippen LogP contribution in [0.15, 0.2) is 30.8 Å². The number of rotatable bonds is 5. The standard InChI is InChI=1S/C26H7BF15.C3H9N/c1-2-7-3-5-8(6-4-7)27(9-12(28)18(34)24(40)19(35)13(9)29,10-14(30)20(36)25(41)21(37)15(10)31)11-16(32)22(38)26(42)23(39)17(11)33;1-4(2)3/h2-6H,1H2;1-3H3/q-1;/p+1. The third-order valence-electron chi connectivity index (χ3n) is 6.70. The van der Waals surface area contributed by atoms with Crippen LogP contribution in [-0.2, 0) is 0 Å². The second kappa shape index (κ2) is 13.1. The van der Waals surface area contributed by atoms with Gasteiger partial charge in [-0.3, -0.25) is 0 Å². The summed E-state index contributed by atoms with van der Waals surface area (Å²) in [6.07, 6.45) is -4.76. The largest absolute Gasteiger partial charge is 0.342 e. The van der Waals surface area contributed by atoms with Gasteiger partial charge in [-0.25, -0.2) is 65.9 Å². The zero-order valence-electron chi connectivity index (χ0n) is 23.3. The number of quaternary nitrogens is 1. The molecule has 0 amide bonds. The van der Waals surface area contributed by atoms with E-state index in [2.05, 4.69) is 27.7 Å². The summed E-state index contributed by atoms with van der Waals surface area (Å²) in [5.41, 5.74) is -9.52. The fraction of sp³-hybridized carbons (Fsp3) is 0.103. The van der Waals surface area contributed by atoms with Gasteiger partial charge in [-0.15, -0.1) is 16.4 Å². The molecule has 0 heterocycles. The predicted molar refractivity (Wildman–Crippen MR) is 138 cm³/mol. The van der Waals surface area contributed by atoms with E-state index < -0.39 is 115 Å². The summed E-state index contributed by atoms with van der Waals surface area (Å²) in [6, 6.07) is 2.29. The van der Waals surface area contributed by atoms with E-state index in [0.29, 0.717) is 12.1 Å². The van der Waals surface area contributed by atoms with Gasteiger partial charge in [0.15, 0.2) is 52.4 Å². The lowest BCUT2D eigenvalue weighted by Crippen LogP contribution is -3.02. The van der Waals surface area contributed by atoms with E-state index >= 15 is 26.3 Å². The highest BCUT2D eigenvalue weighted by Gasteiger charge is 2.48. The number of hydrogen-bond acceptors (Lipinski definition) is 0. The fourth-order valence-electron chi connectivity index (χ4n) is 4.86. The lowest BCUT2D eigenvalue weighted by atomic mass is 9.12. The van der Waals surface area contributed by atoms with Gasteiger partial charge in [0.25, 0.3) is 0 Å². The average molecular weight is 675 g/mol. The molecule has 0 radical (unpaired) electrons. The van der Waals surface area contributed by atoms with Crippen molar-refractivity contribution >= 4 is 34.1 Å². The fourth-order valence-corrected chi connectivity index (χ4v) is 4.86. The molecule has 0 aliphatic carbocycles. The maximum absolute atomic E-state index is 15.5. The van der Waals surface area contributed by atoms with E-state index in [1.807, 2.05) is 0 Å². The molecule has 246 valence electrons. The van der Waals surface area contributed by atoms with Gasteiger partial charge < -0.3 is 4.90 Å². The molecule has 46 heavy (non-hydrogen) atoms. The first-order valence-electron chi connectivity index (χ1n) is 12.5. The van der Waals surface area contributed by atoms with Crippen molar-refractivity contribution in [1.82, 2.24) is 0 Å². The van der Waals surface area contributed by atoms with Gasteiger partial charge in [-0.1, -0.05) is 36.9 Å². The number of halogens is 15. The van der Waals surface area contributed by atoms with Crippen molar-refractivity contribution in [2.75, 3.05) is 21.1 Å². The molecule has 0 aliphatic heterocycles. The van der Waals surface area contributed by atoms with E-state index in [9.17, 15) is 39.5 Å². The highest BCUT2D eigenvalue weighted by Crippen LogP contribution is 2.28. The van der Waals surface area contributed by atoms with E-state index in [1.54, 1.807) is 0 Å². The summed E-state index contributed by atoms with van der Waals surface area (Å²) < 4.78 is 222. The third kappa shape index (κ3) is 5.50. The Morgan fingerprint density at radius 1 is 0.413 bits per heavy atom. The van der Waals surface area contributed by atoms with E-state index in [0.717, 1.165) is 18.2 Å². The Kier molecular flexibility index (Phi) is 10.3. The van der Waals surface area contributed by atoms with E-state index in [-0.39, 0.29) is 5.56 Å². The quantitative estimate of drug-likeness (QED) is 0.137. The monoisotopic (exact) mass is 675 g/mol. The topological polar surface area (TPSA) is 4.44 Å². The molecule has 4 aromatic rings.